The summed E-state index contributed by atoms with van der Waals surface area (Å²) < 4.78 is 37.7. The van der Waals surface area contributed by atoms with E-state index in [9.17, 15) is 22.8 Å². The van der Waals surface area contributed by atoms with Crippen LogP contribution in [0.3, 0.4) is 0 Å². The van der Waals surface area contributed by atoms with Crippen LogP contribution in [0.4, 0.5) is 13.2 Å². The molecule has 1 aromatic rings. The van der Waals surface area contributed by atoms with Gasteiger partial charge in [0.2, 0.25) is 11.8 Å². The van der Waals surface area contributed by atoms with E-state index in [2.05, 4.69) is 5.32 Å². The Morgan fingerprint density at radius 1 is 1.34 bits per heavy atom. The molecule has 0 saturated carbocycles. The summed E-state index contributed by atoms with van der Waals surface area (Å²) in [5.74, 6) is -2.64. The minimum atomic E-state index is -5.08. The van der Waals surface area contributed by atoms with Crippen molar-refractivity contribution in [3.8, 4) is 0 Å². The lowest BCUT2D eigenvalue weighted by Gasteiger charge is -2.54. The Morgan fingerprint density at radius 3 is 2.41 bits per heavy atom. The van der Waals surface area contributed by atoms with Gasteiger partial charge in [-0.15, -0.1) is 0 Å². The number of alkyl halides is 3. The molecule has 1 unspecified atom stereocenters. The second kappa shape index (κ2) is 9.09. The number of nitrogens with one attached hydrogen (secondary N) is 1. The van der Waals surface area contributed by atoms with E-state index in [0.717, 1.165) is 5.56 Å². The number of halogens is 3. The third-order valence-electron chi connectivity index (χ3n) is 4.65. The van der Waals surface area contributed by atoms with Gasteiger partial charge in [-0.2, -0.15) is 24.5 Å². The number of carboxylic acids is 1. The van der Waals surface area contributed by atoms with Crippen LogP contribution in [-0.4, -0.2) is 90.8 Å². The summed E-state index contributed by atoms with van der Waals surface area (Å²) in [6.45, 7) is 2.28. The normalized spacial score (nSPS) is 21.0. The molecule has 2 fully saturated rings. The number of carboxylic acid groups (broad SMARTS) is 1. The number of nitrogens with zero attached hydrogens (tertiary/aromatic N) is 2. The molecule has 0 bridgehead atoms. The van der Waals surface area contributed by atoms with E-state index in [1.54, 1.807) is 18.4 Å². The number of amides is 2. The Kier molecular flexibility index (Phi) is 7.25. The van der Waals surface area contributed by atoms with Gasteiger partial charge in [-0.05, 0) is 29.4 Å². The predicted molar refractivity (Wildman–Crippen MR) is 97.5 cm³/mol. The first-order valence-corrected chi connectivity index (χ1v) is 9.56. The van der Waals surface area contributed by atoms with Gasteiger partial charge in [0.1, 0.15) is 11.6 Å². The lowest BCUT2D eigenvalue weighted by molar-refractivity contribution is -0.200. The van der Waals surface area contributed by atoms with Crippen molar-refractivity contribution in [3.63, 3.8) is 0 Å². The number of thiophene rings is 1. The molecule has 12 heteroatoms. The van der Waals surface area contributed by atoms with Crippen LogP contribution in [0.15, 0.2) is 16.8 Å². The fraction of sp³-hybridized carbons (Fsp3) is 0.588. The predicted octanol–water partition coefficient (Wildman–Crippen LogP) is 0.581. The number of ether oxygens (including phenoxy) is 1. The lowest BCUT2D eigenvalue weighted by atomic mass is 9.90. The Hall–Kier alpha value is -2.18. The van der Waals surface area contributed by atoms with Crippen LogP contribution in [0.2, 0.25) is 0 Å². The van der Waals surface area contributed by atoms with Crippen molar-refractivity contribution in [2.75, 3.05) is 40.3 Å². The van der Waals surface area contributed by atoms with Crippen molar-refractivity contribution in [1.29, 1.82) is 0 Å². The zero-order valence-electron chi connectivity index (χ0n) is 15.9. The number of morpholine rings is 1. The quantitative estimate of drug-likeness (QED) is 0.718. The second-order valence-corrected chi connectivity index (χ2v) is 7.68. The molecule has 2 amide bonds. The molecule has 3 heterocycles. The van der Waals surface area contributed by atoms with Crippen LogP contribution in [0, 0.1) is 0 Å². The number of hydrogen-bond donors (Lipinski definition) is 2. The van der Waals surface area contributed by atoms with E-state index in [1.165, 1.54) is 0 Å². The summed E-state index contributed by atoms with van der Waals surface area (Å²) >= 11 is 1.61. The Morgan fingerprint density at radius 2 is 1.97 bits per heavy atom. The molecule has 0 aromatic carbocycles. The number of carbonyl (C=O) groups excluding carboxylic acids is 2. The summed E-state index contributed by atoms with van der Waals surface area (Å²) in [5.41, 5.74) is 0.765. The molecule has 1 aromatic heterocycles. The molecule has 1 spiro atoms. The molecule has 2 aliphatic heterocycles. The fourth-order valence-corrected chi connectivity index (χ4v) is 3.80. The molecular formula is C17H22F3N3O5S. The van der Waals surface area contributed by atoms with Crippen LogP contribution in [-0.2, 0) is 25.5 Å². The maximum absolute atomic E-state index is 12.2. The summed E-state index contributed by atoms with van der Waals surface area (Å²) in [6.07, 6.45) is -4.63. The van der Waals surface area contributed by atoms with Crippen molar-refractivity contribution < 1.29 is 37.4 Å². The maximum Gasteiger partial charge on any atom is 0.490 e. The number of aliphatic carboxylic acids is 1. The van der Waals surface area contributed by atoms with Crippen LogP contribution in [0.1, 0.15) is 5.56 Å². The summed E-state index contributed by atoms with van der Waals surface area (Å²) in [7, 11) is 3.56. The minimum absolute atomic E-state index is 0.0259. The molecule has 3 rings (SSSR count). The number of likely N-dealkylation sites (N-methyl/N-ethyl adjacent to an activating group) is 2. The first kappa shape index (κ1) is 23.1. The lowest BCUT2D eigenvalue weighted by Crippen LogP contribution is -2.73. The van der Waals surface area contributed by atoms with E-state index in [0.29, 0.717) is 32.7 Å². The highest BCUT2D eigenvalue weighted by Gasteiger charge is 2.51. The van der Waals surface area contributed by atoms with E-state index >= 15 is 0 Å². The third kappa shape index (κ3) is 5.90. The molecule has 2 saturated heterocycles. The van der Waals surface area contributed by atoms with Gasteiger partial charge < -0.3 is 20.1 Å². The van der Waals surface area contributed by atoms with E-state index in [-0.39, 0.29) is 23.5 Å². The third-order valence-corrected chi connectivity index (χ3v) is 5.39. The number of likely N-dealkylation sites (tertiary alicyclic amines) is 1. The summed E-state index contributed by atoms with van der Waals surface area (Å²) in [6, 6.07) is 1.74. The second-order valence-electron chi connectivity index (χ2n) is 6.90. The highest BCUT2D eigenvalue weighted by molar-refractivity contribution is 7.08. The summed E-state index contributed by atoms with van der Waals surface area (Å²) in [4.78, 5) is 36.7. The van der Waals surface area contributed by atoms with Crippen LogP contribution >= 0.6 is 11.3 Å². The molecule has 8 nitrogen and oxygen atoms in total. The van der Waals surface area contributed by atoms with E-state index in [4.69, 9.17) is 14.6 Å². The van der Waals surface area contributed by atoms with E-state index < -0.39 is 12.1 Å². The molecule has 1 atom stereocenters. The SMILES string of the molecule is CNC(=O)C1COC2(CN(C(=O)Cc3ccsc3)C2)CN1C.O=C(O)C(F)(F)F. The van der Waals surface area contributed by atoms with Gasteiger partial charge in [0.15, 0.2) is 0 Å². The molecule has 29 heavy (non-hydrogen) atoms. The van der Waals surface area contributed by atoms with Crippen molar-refractivity contribution in [2.24, 2.45) is 0 Å². The zero-order chi connectivity index (χ0) is 21.8. The molecule has 162 valence electrons. The Bertz CT molecular complexity index is 735. The first-order valence-electron chi connectivity index (χ1n) is 8.62. The van der Waals surface area contributed by atoms with Gasteiger partial charge in [-0.25, -0.2) is 4.79 Å². The molecule has 0 aliphatic carbocycles. The topological polar surface area (TPSA) is 99.2 Å². The molecule has 2 N–H and O–H groups in total. The highest BCUT2D eigenvalue weighted by Crippen LogP contribution is 2.31. The smallest absolute Gasteiger partial charge is 0.475 e. The van der Waals surface area contributed by atoms with Crippen molar-refractivity contribution >= 4 is 29.1 Å². The summed E-state index contributed by atoms with van der Waals surface area (Å²) in [5, 5.41) is 13.8. The van der Waals surface area contributed by atoms with Crippen molar-refractivity contribution in [3.05, 3.63) is 22.4 Å². The van der Waals surface area contributed by atoms with Crippen LogP contribution < -0.4 is 5.32 Å². The van der Waals surface area contributed by atoms with Gasteiger partial charge in [0.05, 0.1) is 26.1 Å². The molecule has 0 radical (unpaired) electrons. The number of hydrogen-bond acceptors (Lipinski definition) is 6. The van der Waals surface area contributed by atoms with Crippen molar-refractivity contribution in [2.45, 2.75) is 24.2 Å². The average Bonchev–Trinajstić information content (AvgIpc) is 3.11. The monoisotopic (exact) mass is 437 g/mol. The van der Waals surface area contributed by atoms with Gasteiger partial charge in [0.25, 0.3) is 0 Å². The maximum atomic E-state index is 12.2. The Balaban J connectivity index is 0.000000370. The highest BCUT2D eigenvalue weighted by atomic mass is 32.1. The van der Waals surface area contributed by atoms with E-state index in [1.807, 2.05) is 33.7 Å². The van der Waals surface area contributed by atoms with Gasteiger partial charge >= 0.3 is 12.1 Å². The molecular weight excluding hydrogens is 415 g/mol. The largest absolute Gasteiger partial charge is 0.490 e. The van der Waals surface area contributed by atoms with Crippen LogP contribution in [0.25, 0.3) is 0 Å². The fourth-order valence-electron chi connectivity index (χ4n) is 3.13. The minimum Gasteiger partial charge on any atom is -0.475 e. The van der Waals surface area contributed by atoms with Crippen LogP contribution in [0.5, 0.6) is 0 Å². The van der Waals surface area contributed by atoms with Gasteiger partial charge in [0, 0.05) is 13.6 Å². The van der Waals surface area contributed by atoms with Gasteiger partial charge in [-0.1, -0.05) is 0 Å². The Labute approximate surface area is 169 Å². The first-order chi connectivity index (χ1) is 13.5. The number of rotatable bonds is 3. The van der Waals surface area contributed by atoms with Gasteiger partial charge in [-0.3, -0.25) is 14.5 Å². The number of carbonyl (C=O) groups is 3. The average molecular weight is 437 g/mol. The zero-order valence-corrected chi connectivity index (χ0v) is 16.7. The van der Waals surface area contributed by atoms with Crippen molar-refractivity contribution in [1.82, 2.24) is 15.1 Å². The molecule has 2 aliphatic rings. The standard InChI is InChI=1S/C15H21N3O3S.C2HF3O2/c1-16-14(20)12-6-21-15(8-17(12)2)9-18(10-15)13(19)5-11-3-4-22-7-11;3-2(4,5)1(6)7/h3-4,7,12H,5-6,8-10H2,1-2H3,(H,16,20);(H,6,7).